The molecule has 0 aromatic heterocycles. The van der Waals surface area contributed by atoms with Gasteiger partial charge in [-0.15, -0.1) is 0 Å². The molecule has 0 bridgehead atoms. The molecule has 0 atom stereocenters. The highest BCUT2D eigenvalue weighted by molar-refractivity contribution is 14.1. The Labute approximate surface area is 192 Å². The molecule has 26 heavy (non-hydrogen) atoms. The summed E-state index contributed by atoms with van der Waals surface area (Å²) in [5.74, 6) is -0.872. The lowest BCUT2D eigenvalue weighted by Gasteiger charge is -2.12. The van der Waals surface area contributed by atoms with Gasteiger partial charge in [-0.25, -0.2) is 4.79 Å². The largest absolute Gasteiger partial charge is 0.487 e. The molecule has 0 aliphatic rings. The number of ether oxygens (including phenoxy) is 1. The molecular weight excluding hydrogens is 675 g/mol. The van der Waals surface area contributed by atoms with Gasteiger partial charge in [0, 0.05) is 10.5 Å². The third-order valence-electron chi connectivity index (χ3n) is 3.17. The minimum atomic E-state index is -1.19. The predicted molar refractivity (Wildman–Crippen MR) is 125 cm³/mol. The number of carboxylic acid groups (broad SMARTS) is 1. The Balaban J connectivity index is 2.22. The van der Waals surface area contributed by atoms with E-state index in [1.807, 2.05) is 36.4 Å². The van der Waals surface area contributed by atoms with Crippen LogP contribution in [0.3, 0.4) is 0 Å². The first-order chi connectivity index (χ1) is 12.3. The van der Waals surface area contributed by atoms with Crippen molar-refractivity contribution in [1.82, 2.24) is 5.32 Å². The molecule has 0 fully saturated rings. The molecule has 0 heterocycles. The lowest BCUT2D eigenvalue weighted by atomic mass is 10.2. The summed E-state index contributed by atoms with van der Waals surface area (Å²) in [5.41, 5.74) is 1.57. The summed E-state index contributed by atoms with van der Waals surface area (Å²) in [6.45, 7) is 1.72. The molecule has 5 nitrogen and oxygen atoms in total. The maximum absolute atomic E-state index is 11.2. The molecule has 8 heteroatoms. The summed E-state index contributed by atoms with van der Waals surface area (Å²) < 4.78 is 8.83. The van der Waals surface area contributed by atoms with Gasteiger partial charge < -0.3 is 15.2 Å². The van der Waals surface area contributed by atoms with E-state index in [-0.39, 0.29) is 5.70 Å². The summed E-state index contributed by atoms with van der Waals surface area (Å²) in [4.78, 5) is 22.4. The number of rotatable bonds is 6. The van der Waals surface area contributed by atoms with Crippen LogP contribution in [0.25, 0.3) is 6.08 Å². The van der Waals surface area contributed by atoms with Gasteiger partial charge in [-0.1, -0.05) is 12.1 Å². The number of hydrogen-bond acceptors (Lipinski definition) is 3. The Morgan fingerprint density at radius 1 is 1.12 bits per heavy atom. The third-order valence-corrected chi connectivity index (χ3v) is 5.49. The topological polar surface area (TPSA) is 75.6 Å². The van der Waals surface area contributed by atoms with Gasteiger partial charge in [0.15, 0.2) is 0 Å². The number of carboxylic acids is 1. The van der Waals surface area contributed by atoms with E-state index in [4.69, 9.17) is 4.74 Å². The Morgan fingerprint density at radius 2 is 1.69 bits per heavy atom. The van der Waals surface area contributed by atoms with Crippen LogP contribution in [0.1, 0.15) is 18.1 Å². The lowest BCUT2D eigenvalue weighted by Crippen LogP contribution is -2.24. The second-order valence-corrected chi connectivity index (χ2v) is 8.84. The second kappa shape index (κ2) is 9.88. The van der Waals surface area contributed by atoms with Crippen molar-refractivity contribution in [2.24, 2.45) is 0 Å². The summed E-state index contributed by atoms with van der Waals surface area (Å²) in [5, 5.41) is 11.5. The Kier molecular flexibility index (Phi) is 8.13. The summed E-state index contributed by atoms with van der Waals surface area (Å²) in [7, 11) is 0. The van der Waals surface area contributed by atoms with Crippen molar-refractivity contribution in [3.05, 3.63) is 63.9 Å². The fraction of sp³-hybridized carbons (Fsp3) is 0.111. The Morgan fingerprint density at radius 3 is 2.19 bits per heavy atom. The van der Waals surface area contributed by atoms with Gasteiger partial charge in [-0.2, -0.15) is 0 Å². The van der Waals surface area contributed by atoms with Crippen LogP contribution in [0.4, 0.5) is 0 Å². The maximum Gasteiger partial charge on any atom is 0.352 e. The Bertz CT molecular complexity index is 840. The van der Waals surface area contributed by atoms with Crippen molar-refractivity contribution in [3.63, 3.8) is 0 Å². The molecule has 0 aliphatic heterocycles. The van der Waals surface area contributed by atoms with Crippen LogP contribution in [0.2, 0.25) is 0 Å². The smallest absolute Gasteiger partial charge is 0.352 e. The van der Waals surface area contributed by atoms with Crippen molar-refractivity contribution in [2.75, 3.05) is 0 Å². The van der Waals surface area contributed by atoms with E-state index in [1.54, 1.807) is 0 Å². The van der Waals surface area contributed by atoms with Crippen molar-refractivity contribution in [1.29, 1.82) is 0 Å². The van der Waals surface area contributed by atoms with Gasteiger partial charge in [0.2, 0.25) is 5.91 Å². The zero-order valence-electron chi connectivity index (χ0n) is 13.6. The quantitative estimate of drug-likeness (QED) is 0.343. The highest BCUT2D eigenvalue weighted by Crippen LogP contribution is 2.30. The second-order valence-electron chi connectivity index (χ2n) is 5.27. The highest BCUT2D eigenvalue weighted by Gasteiger charge is 2.12. The first-order valence-corrected chi connectivity index (χ1v) is 10.6. The zero-order valence-corrected chi connectivity index (χ0v) is 20.0. The monoisotopic (exact) mass is 689 g/mol. The van der Waals surface area contributed by atoms with Crippen LogP contribution in [0, 0.1) is 10.7 Å². The lowest BCUT2D eigenvalue weighted by molar-refractivity contribution is -0.134. The van der Waals surface area contributed by atoms with Gasteiger partial charge >= 0.3 is 5.97 Å². The van der Waals surface area contributed by atoms with E-state index in [9.17, 15) is 14.7 Å². The van der Waals surface area contributed by atoms with E-state index in [1.165, 1.54) is 16.6 Å². The number of carbonyl (C=O) groups excluding carboxylic acids is 1. The van der Waals surface area contributed by atoms with Crippen LogP contribution in [-0.4, -0.2) is 17.0 Å². The van der Waals surface area contributed by atoms with Crippen LogP contribution in [0.15, 0.2) is 42.1 Å². The van der Waals surface area contributed by atoms with Gasteiger partial charge in [-0.05, 0) is 109 Å². The molecule has 0 saturated carbocycles. The fourth-order valence-electron chi connectivity index (χ4n) is 2.04. The molecule has 2 rings (SSSR count). The maximum atomic E-state index is 11.2. The molecule has 0 radical (unpaired) electrons. The number of nitrogens with one attached hydrogen (secondary N) is 1. The van der Waals surface area contributed by atoms with Crippen LogP contribution in [-0.2, 0) is 16.2 Å². The SMILES string of the molecule is CC(=O)N/C(=C/c1cc(I)c(OCc2ccc(I)cc2)c(I)c1)C(=O)O. The number of halogens is 3. The minimum absolute atomic E-state index is 0.170. The van der Waals surface area contributed by atoms with Crippen molar-refractivity contribution < 1.29 is 19.4 Å². The van der Waals surface area contributed by atoms with Gasteiger partial charge in [0.1, 0.15) is 18.1 Å². The zero-order chi connectivity index (χ0) is 19.3. The van der Waals surface area contributed by atoms with Crippen molar-refractivity contribution >= 4 is 85.7 Å². The van der Waals surface area contributed by atoms with E-state index < -0.39 is 11.9 Å². The van der Waals surface area contributed by atoms with Gasteiger partial charge in [0.05, 0.1) is 7.14 Å². The number of aliphatic carboxylic acids is 1. The Hall–Kier alpha value is -0.890. The minimum Gasteiger partial charge on any atom is -0.487 e. The molecule has 2 aromatic rings. The van der Waals surface area contributed by atoms with Crippen molar-refractivity contribution in [2.45, 2.75) is 13.5 Å². The fourth-order valence-corrected chi connectivity index (χ4v) is 4.53. The molecule has 2 N–H and O–H groups in total. The van der Waals surface area contributed by atoms with Crippen LogP contribution >= 0.6 is 67.8 Å². The molecule has 0 spiro atoms. The third kappa shape index (κ3) is 6.37. The number of benzene rings is 2. The predicted octanol–water partition coefficient (Wildman–Crippen LogP) is 4.64. The van der Waals surface area contributed by atoms with Gasteiger partial charge in [0.25, 0.3) is 0 Å². The molecule has 1 amide bonds. The number of amides is 1. The standard InChI is InChI=1S/C18H14I3NO4/c1-10(23)22-16(18(24)25)8-12-6-14(20)17(15(21)7-12)26-9-11-2-4-13(19)5-3-11/h2-8H,9H2,1H3,(H,22,23)(H,24,25)/b16-8+. The van der Waals surface area contributed by atoms with E-state index in [0.717, 1.165) is 18.5 Å². The molecule has 0 unspecified atom stereocenters. The first-order valence-electron chi connectivity index (χ1n) is 7.35. The number of carbonyl (C=O) groups is 2. The normalized spacial score (nSPS) is 11.2. The highest BCUT2D eigenvalue weighted by atomic mass is 127. The van der Waals surface area contributed by atoms with E-state index in [0.29, 0.717) is 12.2 Å². The molecule has 0 aliphatic carbocycles. The molecule has 136 valence electrons. The molecule has 0 saturated heterocycles. The van der Waals surface area contributed by atoms with Crippen molar-refractivity contribution in [3.8, 4) is 5.75 Å². The average molecular weight is 689 g/mol. The summed E-state index contributed by atoms with van der Waals surface area (Å²) in [6.07, 6.45) is 1.43. The molecular formula is C18H14I3NO4. The van der Waals surface area contributed by atoms with Crippen LogP contribution < -0.4 is 10.1 Å². The first kappa shape index (κ1) is 21.4. The average Bonchev–Trinajstić information content (AvgIpc) is 2.54. The number of hydrogen-bond donors (Lipinski definition) is 2. The summed E-state index contributed by atoms with van der Waals surface area (Å²) >= 11 is 6.56. The van der Waals surface area contributed by atoms with Gasteiger partial charge in [-0.3, -0.25) is 4.79 Å². The molecule has 2 aromatic carbocycles. The van der Waals surface area contributed by atoms with E-state index in [2.05, 4.69) is 73.1 Å². The summed E-state index contributed by atoms with van der Waals surface area (Å²) in [6, 6.07) is 11.7. The van der Waals surface area contributed by atoms with Crippen LogP contribution in [0.5, 0.6) is 5.75 Å². The van der Waals surface area contributed by atoms with E-state index >= 15 is 0 Å².